The number of hydrogen-bond donors (Lipinski definition) is 4. The van der Waals surface area contributed by atoms with Crippen molar-refractivity contribution in [1.82, 2.24) is 9.97 Å². The fourth-order valence-electron chi connectivity index (χ4n) is 2.61. The summed E-state index contributed by atoms with van der Waals surface area (Å²) in [5.74, 6) is 0.0646. The number of nitrogens with zero attached hydrogens (tertiary/aromatic N) is 3. The van der Waals surface area contributed by atoms with Crippen molar-refractivity contribution < 1.29 is 9.53 Å². The first-order chi connectivity index (χ1) is 12.8. The smallest absolute Gasteiger partial charge is 0.254 e. The van der Waals surface area contributed by atoms with Crippen molar-refractivity contribution in [3.05, 3.63) is 35.5 Å². The Balaban J connectivity index is 2.24. The van der Waals surface area contributed by atoms with Gasteiger partial charge in [-0.05, 0) is 30.7 Å². The molecular formula is C18H27N7O2. The number of aromatic nitrogens is 2. The van der Waals surface area contributed by atoms with Crippen LogP contribution in [0.15, 0.2) is 24.4 Å². The molecule has 0 radical (unpaired) electrons. The molecule has 1 heterocycles. The lowest BCUT2D eigenvalue weighted by atomic mass is 10.1. The van der Waals surface area contributed by atoms with Crippen LogP contribution in [0.5, 0.6) is 0 Å². The summed E-state index contributed by atoms with van der Waals surface area (Å²) < 4.78 is 5.00. The Morgan fingerprint density at radius 3 is 2.70 bits per heavy atom. The molecule has 0 aliphatic carbocycles. The lowest BCUT2D eigenvalue weighted by molar-refractivity contribution is 0.100. The van der Waals surface area contributed by atoms with Gasteiger partial charge >= 0.3 is 0 Å². The van der Waals surface area contributed by atoms with E-state index in [1.165, 1.54) is 6.20 Å². The molecule has 0 aliphatic rings. The van der Waals surface area contributed by atoms with E-state index in [1.807, 2.05) is 44.1 Å². The Labute approximate surface area is 159 Å². The molecule has 1 unspecified atom stereocenters. The number of ether oxygens (including phenoxy) is 1. The summed E-state index contributed by atoms with van der Waals surface area (Å²) in [6.07, 6.45) is 1.39. The van der Waals surface area contributed by atoms with E-state index >= 15 is 0 Å². The Hall–Kier alpha value is -2.91. The molecule has 9 nitrogen and oxygen atoms in total. The summed E-state index contributed by atoms with van der Waals surface area (Å²) in [4.78, 5) is 22.2. The van der Waals surface area contributed by atoms with Crippen molar-refractivity contribution in [2.24, 2.45) is 11.5 Å². The molecule has 1 atom stereocenters. The quantitative estimate of drug-likeness (QED) is 0.513. The average molecular weight is 373 g/mol. The zero-order chi connectivity index (χ0) is 20.0. The zero-order valence-electron chi connectivity index (χ0n) is 16.1. The van der Waals surface area contributed by atoms with Crippen LogP contribution in [0, 0.1) is 6.92 Å². The third-order valence-electron chi connectivity index (χ3n) is 3.90. The molecule has 0 fully saturated rings. The minimum atomic E-state index is -0.609. The average Bonchev–Trinajstić information content (AvgIpc) is 2.60. The number of rotatable bonds is 9. The van der Waals surface area contributed by atoms with E-state index in [0.29, 0.717) is 24.9 Å². The lowest BCUT2D eigenvalue weighted by Crippen LogP contribution is -2.33. The Morgan fingerprint density at radius 1 is 1.37 bits per heavy atom. The summed E-state index contributed by atoms with van der Waals surface area (Å²) in [6, 6.07) is 5.68. The van der Waals surface area contributed by atoms with E-state index in [9.17, 15) is 4.79 Å². The molecule has 0 saturated carbocycles. The highest BCUT2D eigenvalue weighted by atomic mass is 16.5. The molecule has 6 N–H and O–H groups in total. The lowest BCUT2D eigenvalue weighted by Gasteiger charge is -2.17. The molecule has 0 saturated heterocycles. The minimum absolute atomic E-state index is 0.202. The molecule has 0 aliphatic heterocycles. The third-order valence-corrected chi connectivity index (χ3v) is 3.90. The number of carbonyl (C=O) groups excluding carboxylic acids is 1. The maximum atomic E-state index is 11.7. The number of amides is 1. The summed E-state index contributed by atoms with van der Waals surface area (Å²) in [5.41, 5.74) is 14.5. The van der Waals surface area contributed by atoms with Gasteiger partial charge < -0.3 is 31.7 Å². The third kappa shape index (κ3) is 5.53. The Morgan fingerprint density at radius 2 is 2.11 bits per heavy atom. The topological polar surface area (TPSA) is 131 Å². The number of anilines is 4. The fourth-order valence-corrected chi connectivity index (χ4v) is 2.61. The standard InChI is InChI=1S/C18H27N7O2/c1-11-7-13(5-6-15(11)25(2)3)23-17-14(16(20)26)9-22-18(24-17)21-8-12(19)10-27-4/h5-7,9,12H,8,10,19H2,1-4H3,(H2,20,26)(H2,21,22,23,24). The monoisotopic (exact) mass is 373 g/mol. The van der Waals surface area contributed by atoms with Crippen LogP contribution in [-0.2, 0) is 4.74 Å². The first kappa shape index (κ1) is 20.4. The van der Waals surface area contributed by atoms with E-state index in [1.54, 1.807) is 7.11 Å². The second kappa shape index (κ2) is 9.15. The van der Waals surface area contributed by atoms with Gasteiger partial charge in [-0.1, -0.05) is 0 Å². The van der Waals surface area contributed by atoms with Crippen LogP contribution in [0.1, 0.15) is 15.9 Å². The van der Waals surface area contributed by atoms with Gasteiger partial charge in [-0.15, -0.1) is 0 Å². The largest absolute Gasteiger partial charge is 0.383 e. The number of aryl methyl sites for hydroxylation is 1. The predicted octanol–water partition coefficient (Wildman–Crippen LogP) is 1.08. The second-order valence-corrected chi connectivity index (χ2v) is 6.44. The molecule has 0 bridgehead atoms. The number of hydrogen-bond acceptors (Lipinski definition) is 8. The fraction of sp³-hybridized carbons (Fsp3) is 0.389. The van der Waals surface area contributed by atoms with Crippen molar-refractivity contribution in [1.29, 1.82) is 0 Å². The first-order valence-corrected chi connectivity index (χ1v) is 8.52. The summed E-state index contributed by atoms with van der Waals surface area (Å²) >= 11 is 0. The van der Waals surface area contributed by atoms with Gasteiger partial charge in [0.25, 0.3) is 5.91 Å². The normalized spacial score (nSPS) is 11.7. The van der Waals surface area contributed by atoms with Gasteiger partial charge in [0, 0.05) is 51.4 Å². The van der Waals surface area contributed by atoms with Crippen molar-refractivity contribution >= 4 is 29.0 Å². The van der Waals surface area contributed by atoms with Gasteiger partial charge in [0.1, 0.15) is 11.4 Å². The van der Waals surface area contributed by atoms with Gasteiger partial charge in [0.05, 0.1) is 6.61 Å². The molecule has 1 aromatic heterocycles. The molecule has 27 heavy (non-hydrogen) atoms. The zero-order valence-corrected chi connectivity index (χ0v) is 16.1. The Kier molecular flexibility index (Phi) is 6.91. The van der Waals surface area contributed by atoms with Crippen molar-refractivity contribution in [3.63, 3.8) is 0 Å². The predicted molar refractivity (Wildman–Crippen MR) is 108 cm³/mol. The maximum Gasteiger partial charge on any atom is 0.254 e. The van der Waals surface area contributed by atoms with Gasteiger partial charge in [0.15, 0.2) is 0 Å². The summed E-state index contributed by atoms with van der Waals surface area (Å²) in [5, 5.41) is 6.18. The Bertz CT molecular complexity index is 795. The summed E-state index contributed by atoms with van der Waals surface area (Å²) in [7, 11) is 5.55. The van der Waals surface area contributed by atoms with Crippen LogP contribution >= 0.6 is 0 Å². The van der Waals surface area contributed by atoms with E-state index < -0.39 is 5.91 Å². The molecule has 146 valence electrons. The van der Waals surface area contributed by atoms with E-state index in [2.05, 4.69) is 20.6 Å². The van der Waals surface area contributed by atoms with Crippen LogP contribution in [-0.4, -0.2) is 56.3 Å². The van der Waals surface area contributed by atoms with Gasteiger partial charge in [0.2, 0.25) is 5.95 Å². The van der Waals surface area contributed by atoms with Gasteiger partial charge in [-0.25, -0.2) is 4.98 Å². The van der Waals surface area contributed by atoms with Crippen molar-refractivity contribution in [3.8, 4) is 0 Å². The van der Waals surface area contributed by atoms with Gasteiger partial charge in [-0.2, -0.15) is 4.98 Å². The molecule has 2 aromatic rings. The van der Waals surface area contributed by atoms with Crippen LogP contribution in [0.2, 0.25) is 0 Å². The SMILES string of the molecule is COCC(N)CNc1ncc(C(N)=O)c(Nc2ccc(N(C)C)c(C)c2)n1. The van der Waals surface area contributed by atoms with Crippen LogP contribution in [0.3, 0.4) is 0 Å². The molecule has 1 aromatic carbocycles. The van der Waals surface area contributed by atoms with Crippen LogP contribution in [0.4, 0.5) is 23.1 Å². The number of carbonyl (C=O) groups is 1. The maximum absolute atomic E-state index is 11.7. The highest BCUT2D eigenvalue weighted by molar-refractivity contribution is 5.98. The van der Waals surface area contributed by atoms with E-state index in [-0.39, 0.29) is 11.6 Å². The molecule has 9 heteroatoms. The van der Waals surface area contributed by atoms with Crippen LogP contribution in [0.25, 0.3) is 0 Å². The van der Waals surface area contributed by atoms with Crippen molar-refractivity contribution in [2.45, 2.75) is 13.0 Å². The molecular weight excluding hydrogens is 346 g/mol. The van der Waals surface area contributed by atoms with Crippen molar-refractivity contribution in [2.75, 3.05) is 49.9 Å². The van der Waals surface area contributed by atoms with E-state index in [4.69, 9.17) is 16.2 Å². The van der Waals surface area contributed by atoms with Crippen LogP contribution < -0.4 is 27.0 Å². The number of methoxy groups -OCH3 is 1. The minimum Gasteiger partial charge on any atom is -0.383 e. The molecule has 2 rings (SSSR count). The van der Waals surface area contributed by atoms with E-state index in [0.717, 1.165) is 16.9 Å². The number of nitrogens with two attached hydrogens (primary N) is 2. The second-order valence-electron chi connectivity index (χ2n) is 6.44. The molecule has 1 amide bonds. The number of primary amides is 1. The highest BCUT2D eigenvalue weighted by Crippen LogP contribution is 2.25. The molecule has 0 spiro atoms. The number of benzene rings is 1. The highest BCUT2D eigenvalue weighted by Gasteiger charge is 2.14. The number of nitrogens with one attached hydrogen (secondary N) is 2. The first-order valence-electron chi connectivity index (χ1n) is 8.52. The summed E-state index contributed by atoms with van der Waals surface area (Å²) in [6.45, 7) is 2.86. The van der Waals surface area contributed by atoms with Gasteiger partial charge in [-0.3, -0.25) is 4.79 Å².